The van der Waals surface area contributed by atoms with Gasteiger partial charge >= 0.3 is 5.69 Å². The van der Waals surface area contributed by atoms with Crippen molar-refractivity contribution in [1.29, 1.82) is 0 Å². The molecule has 0 fully saturated rings. The molecular formula is C7H11N5O3. The van der Waals surface area contributed by atoms with E-state index in [1.54, 1.807) is 7.05 Å². The SMILES string of the molecule is Cn1c(=O)[nH]c(=O)c2c1[nH]n2COCN. The van der Waals surface area contributed by atoms with Crippen LogP contribution in [0.15, 0.2) is 9.59 Å². The summed E-state index contributed by atoms with van der Waals surface area (Å²) in [6, 6.07) is 0. The van der Waals surface area contributed by atoms with Gasteiger partial charge < -0.3 is 10.5 Å². The largest absolute Gasteiger partial charge is 0.344 e. The van der Waals surface area contributed by atoms with Gasteiger partial charge in [0.25, 0.3) is 5.56 Å². The maximum atomic E-state index is 11.4. The van der Waals surface area contributed by atoms with Gasteiger partial charge in [0.05, 0.1) is 6.73 Å². The van der Waals surface area contributed by atoms with Crippen LogP contribution in [-0.2, 0) is 18.5 Å². The van der Waals surface area contributed by atoms with Gasteiger partial charge in [-0.1, -0.05) is 0 Å². The van der Waals surface area contributed by atoms with Gasteiger partial charge in [0.15, 0.2) is 11.2 Å². The van der Waals surface area contributed by atoms with Gasteiger partial charge in [0.2, 0.25) is 0 Å². The summed E-state index contributed by atoms with van der Waals surface area (Å²) in [6.45, 7) is 0.224. The van der Waals surface area contributed by atoms with Crippen molar-refractivity contribution < 1.29 is 4.74 Å². The van der Waals surface area contributed by atoms with Gasteiger partial charge in [-0.05, 0) is 0 Å². The molecule has 0 unspecified atom stereocenters. The molecule has 4 N–H and O–H groups in total. The minimum atomic E-state index is -0.453. The van der Waals surface area contributed by atoms with Crippen LogP contribution in [0.4, 0.5) is 0 Å². The maximum absolute atomic E-state index is 11.4. The lowest BCUT2D eigenvalue weighted by atomic mass is 10.5. The average molecular weight is 213 g/mol. The van der Waals surface area contributed by atoms with Crippen LogP contribution in [0.3, 0.4) is 0 Å². The molecule has 0 amide bonds. The molecule has 8 heteroatoms. The Hall–Kier alpha value is -1.80. The molecule has 0 aliphatic heterocycles. The molecule has 8 nitrogen and oxygen atoms in total. The van der Waals surface area contributed by atoms with Crippen molar-refractivity contribution in [2.75, 3.05) is 6.73 Å². The summed E-state index contributed by atoms with van der Waals surface area (Å²) in [4.78, 5) is 24.8. The lowest BCUT2D eigenvalue weighted by Gasteiger charge is -2.16. The minimum Gasteiger partial charge on any atom is -0.344 e. The first-order valence-corrected chi connectivity index (χ1v) is 4.30. The van der Waals surface area contributed by atoms with E-state index >= 15 is 0 Å². The van der Waals surface area contributed by atoms with E-state index in [0.717, 1.165) is 0 Å². The van der Waals surface area contributed by atoms with Crippen molar-refractivity contribution in [3.05, 3.63) is 20.8 Å². The third-order valence-electron chi connectivity index (χ3n) is 2.15. The number of aromatic nitrogens is 4. The van der Waals surface area contributed by atoms with E-state index in [1.165, 1.54) is 9.25 Å². The number of nitrogens with one attached hydrogen (secondary N) is 2. The fourth-order valence-electron chi connectivity index (χ4n) is 1.36. The Morgan fingerprint density at radius 1 is 1.47 bits per heavy atom. The van der Waals surface area contributed by atoms with Gasteiger partial charge in [-0.2, -0.15) is 0 Å². The molecule has 0 bridgehead atoms. The highest BCUT2D eigenvalue weighted by Gasteiger charge is 2.13. The van der Waals surface area contributed by atoms with Crippen molar-refractivity contribution in [2.24, 2.45) is 12.8 Å². The average Bonchev–Trinajstić information content (AvgIpc) is 2.13. The molecule has 2 aromatic rings. The summed E-state index contributed by atoms with van der Waals surface area (Å²) < 4.78 is 7.71. The summed E-state index contributed by atoms with van der Waals surface area (Å²) >= 11 is 0. The zero-order valence-electron chi connectivity index (χ0n) is 8.11. The zero-order chi connectivity index (χ0) is 11.0. The number of aryl methyl sites for hydroxylation is 1. The van der Waals surface area contributed by atoms with Crippen LogP contribution >= 0.6 is 0 Å². The minimum absolute atomic E-state index is 0.0666. The van der Waals surface area contributed by atoms with Gasteiger partial charge in [-0.15, -0.1) is 0 Å². The quantitative estimate of drug-likeness (QED) is 0.525. The highest BCUT2D eigenvalue weighted by atomic mass is 16.5. The smallest absolute Gasteiger partial charge is 0.329 e. The second-order valence-electron chi connectivity index (χ2n) is 3.06. The van der Waals surface area contributed by atoms with Crippen LogP contribution in [0.1, 0.15) is 0 Å². The number of fused-ring (bicyclic) bond motifs is 1. The number of hydrogen-bond donors (Lipinski definition) is 3. The Bertz CT molecular complexity index is 586. The molecule has 0 radical (unpaired) electrons. The Kier molecular flexibility index (Phi) is 2.21. The number of hydrogen-bond acceptors (Lipinski definition) is 4. The second kappa shape index (κ2) is 3.41. The third-order valence-corrected chi connectivity index (χ3v) is 2.15. The molecule has 0 saturated carbocycles. The lowest BCUT2D eigenvalue weighted by Crippen LogP contribution is -2.35. The predicted octanol–water partition coefficient (Wildman–Crippen LogP) is -1.75. The van der Waals surface area contributed by atoms with Crippen molar-refractivity contribution in [2.45, 2.75) is 6.73 Å². The molecular weight excluding hydrogens is 202 g/mol. The van der Waals surface area contributed by atoms with Crippen LogP contribution in [-0.4, -0.2) is 26.1 Å². The Labute approximate surface area is 83.2 Å². The molecule has 2 rings (SSSR count). The third kappa shape index (κ3) is 1.39. The first-order valence-electron chi connectivity index (χ1n) is 4.30. The van der Waals surface area contributed by atoms with E-state index in [-0.39, 0.29) is 13.5 Å². The standard InChI is InChI=1S/C7H11N5O3/c1-11-5-4(6(13)9-7(11)14)12(10-5)3-15-2-8/h10H,2-3,8H2,1H3,(H,9,13,14). The van der Waals surface area contributed by atoms with Crippen molar-refractivity contribution in [3.63, 3.8) is 0 Å². The molecule has 2 aromatic heterocycles. The first kappa shape index (κ1) is 9.74. The van der Waals surface area contributed by atoms with Gasteiger partial charge in [0, 0.05) is 7.05 Å². The van der Waals surface area contributed by atoms with E-state index in [1.807, 2.05) is 0 Å². The van der Waals surface area contributed by atoms with Crippen molar-refractivity contribution >= 4 is 11.2 Å². The number of nitrogens with zero attached hydrogens (tertiary/aromatic N) is 2. The normalized spacial score (nSPS) is 11.3. The van der Waals surface area contributed by atoms with Crippen molar-refractivity contribution in [3.8, 4) is 0 Å². The van der Waals surface area contributed by atoms with Crippen LogP contribution in [0.25, 0.3) is 11.2 Å². The summed E-state index contributed by atoms with van der Waals surface area (Å²) in [5, 5.41) is 2.80. The van der Waals surface area contributed by atoms with Crippen LogP contribution < -0.4 is 17.0 Å². The predicted molar refractivity (Wildman–Crippen MR) is 52.3 cm³/mol. The first-order chi connectivity index (χ1) is 7.15. The summed E-state index contributed by atoms with van der Waals surface area (Å²) in [5.41, 5.74) is 5.12. The van der Waals surface area contributed by atoms with E-state index in [4.69, 9.17) is 10.5 Å². The fraction of sp³-hybridized carbons (Fsp3) is 0.429. The Morgan fingerprint density at radius 3 is 2.87 bits per heavy atom. The molecule has 0 aliphatic rings. The van der Waals surface area contributed by atoms with Gasteiger partial charge in [0.1, 0.15) is 6.73 Å². The van der Waals surface area contributed by atoms with E-state index in [2.05, 4.69) is 10.1 Å². The second-order valence-corrected chi connectivity index (χ2v) is 3.06. The molecule has 82 valence electrons. The van der Waals surface area contributed by atoms with E-state index < -0.39 is 11.2 Å². The highest BCUT2D eigenvalue weighted by Crippen LogP contribution is 2.05. The van der Waals surface area contributed by atoms with Gasteiger partial charge in [-0.25, -0.2) is 4.79 Å². The number of aromatic amines is 2. The summed E-state index contributed by atoms with van der Waals surface area (Å²) in [6.07, 6.45) is 0. The van der Waals surface area contributed by atoms with Crippen molar-refractivity contribution in [1.82, 2.24) is 19.3 Å². The molecule has 0 aliphatic carbocycles. The molecule has 0 spiro atoms. The molecule has 0 atom stereocenters. The number of nitrogens with two attached hydrogens (primary N) is 1. The fourth-order valence-corrected chi connectivity index (χ4v) is 1.36. The molecule has 15 heavy (non-hydrogen) atoms. The topological polar surface area (TPSA) is 111 Å². The van der Waals surface area contributed by atoms with Crippen LogP contribution in [0.2, 0.25) is 0 Å². The number of ether oxygens (including phenoxy) is 1. The Balaban J connectivity index is 2.53. The van der Waals surface area contributed by atoms with E-state index in [0.29, 0.717) is 11.2 Å². The molecule has 2 heterocycles. The highest BCUT2D eigenvalue weighted by molar-refractivity contribution is 5.71. The molecule has 0 aromatic carbocycles. The molecule has 0 saturated heterocycles. The van der Waals surface area contributed by atoms with Gasteiger partial charge in [-0.3, -0.25) is 24.1 Å². The number of rotatable bonds is 3. The van der Waals surface area contributed by atoms with Crippen LogP contribution in [0.5, 0.6) is 0 Å². The zero-order valence-corrected chi connectivity index (χ0v) is 8.11. The maximum Gasteiger partial charge on any atom is 0.329 e. The Morgan fingerprint density at radius 2 is 2.20 bits per heavy atom. The number of H-pyrrole nitrogens is 2. The monoisotopic (exact) mass is 213 g/mol. The van der Waals surface area contributed by atoms with Crippen LogP contribution in [0, 0.1) is 0 Å². The van der Waals surface area contributed by atoms with E-state index in [9.17, 15) is 9.59 Å². The lowest BCUT2D eigenvalue weighted by molar-refractivity contribution is 0.0743. The summed E-state index contributed by atoms with van der Waals surface area (Å²) in [5.74, 6) is 0. The summed E-state index contributed by atoms with van der Waals surface area (Å²) in [7, 11) is 1.56.